The molecule has 1 saturated carbocycles. The molecule has 0 saturated heterocycles. The smallest absolute Gasteiger partial charge is 0.257 e. The number of nitrogens with one attached hydrogen (secondary N) is 1. The molecule has 0 spiro atoms. The lowest BCUT2D eigenvalue weighted by Crippen LogP contribution is -2.36. The number of carbonyl (C=O) groups is 1. The van der Waals surface area contributed by atoms with Gasteiger partial charge in [0.05, 0.1) is 5.56 Å². The summed E-state index contributed by atoms with van der Waals surface area (Å²) < 4.78 is 14.3. The number of hydrogen-bond donors (Lipinski definition) is 1. The molecular formula is C15H22FN3O. The van der Waals surface area contributed by atoms with E-state index in [0.717, 1.165) is 12.8 Å². The predicted molar refractivity (Wildman–Crippen MR) is 77.3 cm³/mol. The van der Waals surface area contributed by atoms with Crippen LogP contribution in [0.25, 0.3) is 0 Å². The zero-order valence-corrected chi connectivity index (χ0v) is 12.3. The second kappa shape index (κ2) is 6.20. The Hall–Kier alpha value is -1.65. The molecule has 0 aliphatic heterocycles. The number of rotatable bonds is 6. The van der Waals surface area contributed by atoms with Crippen molar-refractivity contribution in [2.45, 2.75) is 39.7 Å². The highest BCUT2D eigenvalue weighted by atomic mass is 19.1. The topological polar surface area (TPSA) is 45.2 Å². The van der Waals surface area contributed by atoms with Gasteiger partial charge in [-0.1, -0.05) is 13.8 Å². The molecule has 5 heteroatoms. The van der Waals surface area contributed by atoms with Gasteiger partial charge >= 0.3 is 0 Å². The Kier molecular flexibility index (Phi) is 4.57. The molecule has 1 aromatic rings. The Morgan fingerprint density at radius 1 is 1.55 bits per heavy atom. The fourth-order valence-electron chi connectivity index (χ4n) is 2.23. The summed E-state index contributed by atoms with van der Waals surface area (Å²) in [4.78, 5) is 18.3. The number of aromatic nitrogens is 1. The normalized spacial score (nSPS) is 14.4. The second-order valence-corrected chi connectivity index (χ2v) is 5.63. The van der Waals surface area contributed by atoms with Crippen molar-refractivity contribution >= 4 is 11.7 Å². The number of halogens is 1. The van der Waals surface area contributed by atoms with Crippen molar-refractivity contribution in [2.24, 2.45) is 5.92 Å². The summed E-state index contributed by atoms with van der Waals surface area (Å²) in [6.45, 7) is 7.23. The van der Waals surface area contributed by atoms with Crippen LogP contribution in [0.2, 0.25) is 0 Å². The van der Waals surface area contributed by atoms with Crippen molar-refractivity contribution in [3.63, 3.8) is 0 Å². The van der Waals surface area contributed by atoms with E-state index in [1.807, 2.05) is 6.92 Å². The first-order chi connectivity index (χ1) is 9.54. The van der Waals surface area contributed by atoms with Crippen LogP contribution in [0.1, 0.15) is 44.0 Å². The van der Waals surface area contributed by atoms with Crippen LogP contribution < -0.4 is 5.32 Å². The molecule has 1 aliphatic carbocycles. The van der Waals surface area contributed by atoms with Crippen LogP contribution in [0.5, 0.6) is 0 Å². The maximum Gasteiger partial charge on any atom is 0.257 e. The van der Waals surface area contributed by atoms with E-state index in [9.17, 15) is 9.18 Å². The van der Waals surface area contributed by atoms with Gasteiger partial charge in [0.25, 0.3) is 5.91 Å². The SMILES string of the molecule is CCNc1nccc(C(=O)N(CC(C)C)C2CC2)c1F. The minimum Gasteiger partial charge on any atom is -0.368 e. The van der Waals surface area contributed by atoms with Gasteiger partial charge in [-0.05, 0) is 31.7 Å². The van der Waals surface area contributed by atoms with Gasteiger partial charge in [0.1, 0.15) is 0 Å². The Balaban J connectivity index is 2.24. The molecule has 0 unspecified atom stereocenters. The molecule has 2 rings (SSSR count). The van der Waals surface area contributed by atoms with Crippen LogP contribution in [0.15, 0.2) is 12.3 Å². The molecule has 1 N–H and O–H groups in total. The van der Waals surface area contributed by atoms with Crippen molar-refractivity contribution in [1.82, 2.24) is 9.88 Å². The van der Waals surface area contributed by atoms with Crippen LogP contribution in [0.3, 0.4) is 0 Å². The van der Waals surface area contributed by atoms with Crippen molar-refractivity contribution < 1.29 is 9.18 Å². The van der Waals surface area contributed by atoms with Gasteiger partial charge in [0, 0.05) is 25.3 Å². The van der Waals surface area contributed by atoms with E-state index in [1.54, 1.807) is 4.90 Å². The second-order valence-electron chi connectivity index (χ2n) is 5.63. The Morgan fingerprint density at radius 3 is 2.80 bits per heavy atom. The third kappa shape index (κ3) is 3.26. The van der Waals surface area contributed by atoms with Gasteiger partial charge in [-0.2, -0.15) is 0 Å². The Labute approximate surface area is 119 Å². The minimum atomic E-state index is -0.547. The van der Waals surface area contributed by atoms with Gasteiger partial charge < -0.3 is 10.2 Å². The average Bonchev–Trinajstić information content (AvgIpc) is 3.22. The average molecular weight is 279 g/mol. The maximum absolute atomic E-state index is 14.3. The summed E-state index contributed by atoms with van der Waals surface area (Å²) >= 11 is 0. The standard InChI is InChI=1S/C15H22FN3O/c1-4-17-14-13(16)12(7-8-18-14)15(20)19(9-10(2)3)11-5-6-11/h7-8,10-11H,4-6,9H2,1-3H3,(H,17,18). The third-order valence-corrected chi connectivity index (χ3v) is 3.27. The van der Waals surface area contributed by atoms with Crippen LogP contribution >= 0.6 is 0 Å². The summed E-state index contributed by atoms with van der Waals surface area (Å²) in [6, 6.07) is 1.74. The van der Waals surface area contributed by atoms with Gasteiger partial charge in [-0.3, -0.25) is 4.79 Å². The number of amides is 1. The lowest BCUT2D eigenvalue weighted by Gasteiger charge is -2.25. The number of anilines is 1. The molecule has 0 bridgehead atoms. The predicted octanol–water partition coefficient (Wildman–Crippen LogP) is 2.91. The number of nitrogens with zero attached hydrogens (tertiary/aromatic N) is 2. The fourth-order valence-corrected chi connectivity index (χ4v) is 2.23. The number of hydrogen-bond acceptors (Lipinski definition) is 3. The fraction of sp³-hybridized carbons (Fsp3) is 0.600. The van der Waals surface area contributed by atoms with E-state index >= 15 is 0 Å². The summed E-state index contributed by atoms with van der Waals surface area (Å²) in [5, 5.41) is 2.84. The van der Waals surface area contributed by atoms with Gasteiger partial charge in [0.15, 0.2) is 11.6 Å². The van der Waals surface area contributed by atoms with Gasteiger partial charge in [-0.15, -0.1) is 0 Å². The molecule has 1 aromatic heterocycles. The molecule has 1 heterocycles. The molecule has 1 fully saturated rings. The van der Waals surface area contributed by atoms with E-state index in [2.05, 4.69) is 24.1 Å². The molecule has 0 aromatic carbocycles. The van der Waals surface area contributed by atoms with Crippen LogP contribution in [0.4, 0.5) is 10.2 Å². The minimum absolute atomic E-state index is 0.114. The van der Waals surface area contributed by atoms with E-state index in [1.165, 1.54) is 12.3 Å². The molecule has 0 atom stereocenters. The first-order valence-corrected chi connectivity index (χ1v) is 7.24. The van der Waals surface area contributed by atoms with Crippen LogP contribution in [-0.2, 0) is 0 Å². The summed E-state index contributed by atoms with van der Waals surface area (Å²) in [7, 11) is 0. The van der Waals surface area contributed by atoms with Crippen molar-refractivity contribution in [2.75, 3.05) is 18.4 Å². The number of carbonyl (C=O) groups excluding carboxylic acids is 1. The summed E-state index contributed by atoms with van der Waals surface area (Å²) in [5.41, 5.74) is 0.114. The molecule has 0 radical (unpaired) electrons. The molecular weight excluding hydrogens is 257 g/mol. The molecule has 1 aliphatic rings. The van der Waals surface area contributed by atoms with Gasteiger partial charge in [-0.25, -0.2) is 9.37 Å². The maximum atomic E-state index is 14.3. The molecule has 1 amide bonds. The highest BCUT2D eigenvalue weighted by Crippen LogP contribution is 2.30. The summed E-state index contributed by atoms with van der Waals surface area (Å²) in [5.74, 6) is -0.245. The third-order valence-electron chi connectivity index (χ3n) is 3.27. The van der Waals surface area contributed by atoms with Crippen molar-refractivity contribution in [1.29, 1.82) is 0 Å². The van der Waals surface area contributed by atoms with E-state index in [0.29, 0.717) is 19.0 Å². The Bertz CT molecular complexity index is 486. The molecule has 20 heavy (non-hydrogen) atoms. The molecule has 4 nitrogen and oxygen atoms in total. The van der Waals surface area contributed by atoms with Crippen molar-refractivity contribution in [3.8, 4) is 0 Å². The number of pyridine rings is 1. The van der Waals surface area contributed by atoms with Crippen LogP contribution in [0, 0.1) is 11.7 Å². The van der Waals surface area contributed by atoms with Crippen molar-refractivity contribution in [3.05, 3.63) is 23.6 Å². The largest absolute Gasteiger partial charge is 0.368 e. The van der Waals surface area contributed by atoms with E-state index < -0.39 is 5.82 Å². The van der Waals surface area contributed by atoms with E-state index in [4.69, 9.17) is 0 Å². The zero-order valence-electron chi connectivity index (χ0n) is 12.3. The lowest BCUT2D eigenvalue weighted by molar-refractivity contribution is 0.0717. The highest BCUT2D eigenvalue weighted by molar-refractivity contribution is 5.95. The zero-order chi connectivity index (χ0) is 14.7. The van der Waals surface area contributed by atoms with E-state index in [-0.39, 0.29) is 23.3 Å². The monoisotopic (exact) mass is 279 g/mol. The Morgan fingerprint density at radius 2 is 2.25 bits per heavy atom. The van der Waals surface area contributed by atoms with Crippen LogP contribution in [-0.4, -0.2) is 34.9 Å². The summed E-state index contributed by atoms with van der Waals surface area (Å²) in [6.07, 6.45) is 3.52. The van der Waals surface area contributed by atoms with Gasteiger partial charge in [0.2, 0.25) is 0 Å². The highest BCUT2D eigenvalue weighted by Gasteiger charge is 2.34. The first kappa shape index (κ1) is 14.8. The molecule has 110 valence electrons. The lowest BCUT2D eigenvalue weighted by atomic mass is 10.1. The first-order valence-electron chi connectivity index (χ1n) is 7.24. The quantitative estimate of drug-likeness (QED) is 0.871.